The van der Waals surface area contributed by atoms with Crippen LogP contribution in [-0.2, 0) is 0 Å². The molecule has 0 atom stereocenters. The summed E-state index contributed by atoms with van der Waals surface area (Å²) >= 11 is 0. The fourth-order valence-electron chi connectivity index (χ4n) is 6.42. The molecule has 0 aromatic heterocycles. The van der Waals surface area contributed by atoms with E-state index in [1.165, 1.54) is 4.90 Å². The number of carbonyl (C=O) groups is 4. The van der Waals surface area contributed by atoms with Gasteiger partial charge in [-0.05, 0) is 89.3 Å². The molecule has 0 bridgehead atoms. The van der Waals surface area contributed by atoms with Crippen LogP contribution in [0.2, 0.25) is 0 Å². The summed E-state index contributed by atoms with van der Waals surface area (Å²) in [6.45, 7) is 2.01. The Labute approximate surface area is 276 Å². The highest BCUT2D eigenvalue weighted by Gasteiger charge is 2.40. The van der Waals surface area contributed by atoms with Gasteiger partial charge in [-0.3, -0.25) is 19.2 Å². The zero-order valence-corrected chi connectivity index (χ0v) is 25.8. The van der Waals surface area contributed by atoms with Crippen LogP contribution < -0.4 is 15.5 Å². The van der Waals surface area contributed by atoms with Gasteiger partial charge in [-0.15, -0.1) is 0 Å². The van der Waals surface area contributed by atoms with Gasteiger partial charge in [0.2, 0.25) is 0 Å². The van der Waals surface area contributed by atoms with E-state index in [-0.39, 0.29) is 0 Å². The first kappa shape index (κ1) is 28.8. The number of benzene rings is 6. The van der Waals surface area contributed by atoms with Gasteiger partial charge in [0.1, 0.15) is 0 Å². The highest BCUT2D eigenvalue weighted by Crippen LogP contribution is 2.41. The van der Waals surface area contributed by atoms with E-state index in [1.54, 1.807) is 54.6 Å². The number of imide groups is 2. The van der Waals surface area contributed by atoms with Crippen molar-refractivity contribution in [2.24, 2.45) is 0 Å². The van der Waals surface area contributed by atoms with Gasteiger partial charge in [0.25, 0.3) is 23.6 Å². The van der Waals surface area contributed by atoms with Crippen molar-refractivity contribution in [3.63, 3.8) is 0 Å². The molecule has 0 aliphatic carbocycles. The summed E-state index contributed by atoms with van der Waals surface area (Å²) in [6, 6.07) is 40.0. The fourth-order valence-corrected chi connectivity index (χ4v) is 6.42. The molecule has 0 radical (unpaired) electrons. The molecule has 2 heterocycles. The molecule has 4 amide bonds. The van der Waals surface area contributed by atoms with E-state index < -0.39 is 23.6 Å². The summed E-state index contributed by atoms with van der Waals surface area (Å²) in [6.07, 6.45) is 0. The van der Waals surface area contributed by atoms with Crippen LogP contribution in [0.1, 0.15) is 47.0 Å². The number of nitrogens with two attached hydrogens (primary N) is 1. The first-order valence-corrected chi connectivity index (χ1v) is 15.5. The highest BCUT2D eigenvalue weighted by molar-refractivity contribution is 6.36. The Bertz CT molecular complexity index is 2330. The smallest absolute Gasteiger partial charge is 0.266 e. The van der Waals surface area contributed by atoms with Crippen LogP contribution in [0.5, 0.6) is 0 Å². The number of nitrogens with zero attached hydrogens (tertiary/aromatic N) is 2. The summed E-state index contributed by atoms with van der Waals surface area (Å²) < 4.78 is 0. The second-order valence-electron chi connectivity index (χ2n) is 12.0. The molecule has 0 spiro atoms. The Morgan fingerprint density at radius 3 is 1.52 bits per heavy atom. The lowest BCUT2D eigenvalue weighted by atomic mass is 9.99. The maximum atomic E-state index is 14.0. The number of amides is 4. The first-order valence-electron chi connectivity index (χ1n) is 15.5. The summed E-state index contributed by atoms with van der Waals surface area (Å²) in [7, 11) is 0. The SMILES string of the molecule is Cc1ccc(-c2ccc3c(c2)C(=O)N(c2ccc(N4C(=O)c5ccc(-c6ccc(N)cc6)cc5C4=O)cc2-c2ccccc2)C3=O)cc1. The van der Waals surface area contributed by atoms with Crippen LogP contribution in [-0.4, -0.2) is 23.6 Å². The van der Waals surface area contributed by atoms with Crippen molar-refractivity contribution in [1.29, 1.82) is 0 Å². The van der Waals surface area contributed by atoms with Crippen LogP contribution in [0, 0.1) is 6.92 Å². The normalized spacial score (nSPS) is 13.7. The highest BCUT2D eigenvalue weighted by atomic mass is 16.2. The minimum Gasteiger partial charge on any atom is -0.399 e. The third-order valence-electron chi connectivity index (χ3n) is 8.97. The molecule has 230 valence electrons. The van der Waals surface area contributed by atoms with Crippen molar-refractivity contribution in [3.8, 4) is 33.4 Å². The summed E-state index contributed by atoms with van der Waals surface area (Å²) in [5, 5.41) is 0. The molecule has 2 aliphatic heterocycles. The monoisotopic (exact) mass is 625 g/mol. The van der Waals surface area contributed by atoms with Gasteiger partial charge in [-0.25, -0.2) is 9.80 Å². The Kier molecular flexibility index (Phi) is 6.63. The maximum Gasteiger partial charge on any atom is 0.266 e. The standard InChI is InChI=1S/C41H27N3O4/c1-24-7-9-25(10-8-24)28-14-19-33-36(22-28)41(48)44(39(33)46)37-20-17-31(23-34(37)27-5-3-2-4-6-27)43-38(45)32-18-13-29(21-35(32)40(43)47)26-11-15-30(42)16-12-26/h2-23H,42H2,1H3. The zero-order valence-electron chi connectivity index (χ0n) is 25.8. The molecule has 8 rings (SSSR count). The fraction of sp³-hybridized carbons (Fsp3) is 0.0244. The molecule has 2 aliphatic rings. The molecule has 0 unspecified atom stereocenters. The molecule has 0 fully saturated rings. The maximum absolute atomic E-state index is 14.0. The third kappa shape index (κ3) is 4.60. The number of anilines is 3. The molecule has 7 heteroatoms. The molecule has 7 nitrogen and oxygen atoms in total. The van der Waals surface area contributed by atoms with E-state index in [9.17, 15) is 19.2 Å². The van der Waals surface area contributed by atoms with Gasteiger partial charge in [0.15, 0.2) is 0 Å². The molecule has 0 saturated heterocycles. The van der Waals surface area contributed by atoms with Crippen molar-refractivity contribution < 1.29 is 19.2 Å². The first-order chi connectivity index (χ1) is 23.3. The van der Waals surface area contributed by atoms with E-state index in [4.69, 9.17) is 5.73 Å². The van der Waals surface area contributed by atoms with Crippen molar-refractivity contribution in [3.05, 3.63) is 161 Å². The number of nitrogen functional groups attached to an aromatic ring is 1. The van der Waals surface area contributed by atoms with Gasteiger partial charge in [0, 0.05) is 11.3 Å². The van der Waals surface area contributed by atoms with Crippen molar-refractivity contribution in [2.45, 2.75) is 6.92 Å². The Morgan fingerprint density at radius 1 is 0.417 bits per heavy atom. The lowest BCUT2D eigenvalue weighted by Crippen LogP contribution is -2.31. The van der Waals surface area contributed by atoms with Crippen molar-refractivity contribution >= 4 is 40.7 Å². The number of carbonyl (C=O) groups excluding carboxylic acids is 4. The minimum absolute atomic E-state index is 0.296. The van der Waals surface area contributed by atoms with Crippen LogP contribution in [0.4, 0.5) is 17.1 Å². The number of fused-ring (bicyclic) bond motifs is 2. The van der Waals surface area contributed by atoms with Gasteiger partial charge >= 0.3 is 0 Å². The molecule has 6 aromatic carbocycles. The average Bonchev–Trinajstić information content (AvgIpc) is 3.52. The predicted molar refractivity (Wildman–Crippen MR) is 187 cm³/mol. The number of rotatable bonds is 5. The van der Waals surface area contributed by atoms with E-state index in [2.05, 4.69) is 0 Å². The Morgan fingerprint density at radius 2 is 0.917 bits per heavy atom. The van der Waals surface area contributed by atoms with Crippen LogP contribution in [0.15, 0.2) is 133 Å². The average molecular weight is 626 g/mol. The van der Waals surface area contributed by atoms with Gasteiger partial charge in [-0.1, -0.05) is 84.4 Å². The van der Waals surface area contributed by atoms with Crippen molar-refractivity contribution in [1.82, 2.24) is 0 Å². The molecule has 48 heavy (non-hydrogen) atoms. The van der Waals surface area contributed by atoms with Crippen LogP contribution in [0.25, 0.3) is 33.4 Å². The topological polar surface area (TPSA) is 101 Å². The summed E-state index contributed by atoms with van der Waals surface area (Å²) in [5.74, 6) is -1.78. The van der Waals surface area contributed by atoms with Crippen LogP contribution >= 0.6 is 0 Å². The van der Waals surface area contributed by atoms with Crippen LogP contribution in [0.3, 0.4) is 0 Å². The Hall–Kier alpha value is -6.60. The van der Waals surface area contributed by atoms with E-state index >= 15 is 0 Å². The van der Waals surface area contributed by atoms with E-state index in [0.717, 1.165) is 32.7 Å². The number of hydrogen-bond acceptors (Lipinski definition) is 5. The quantitative estimate of drug-likeness (QED) is 0.154. The molecule has 6 aromatic rings. The van der Waals surface area contributed by atoms with Gasteiger partial charge in [0.05, 0.1) is 33.6 Å². The van der Waals surface area contributed by atoms with Crippen molar-refractivity contribution in [2.75, 3.05) is 15.5 Å². The van der Waals surface area contributed by atoms with Gasteiger partial charge in [-0.2, -0.15) is 0 Å². The lowest BCUT2D eigenvalue weighted by Gasteiger charge is -2.22. The molecule has 0 saturated carbocycles. The second-order valence-corrected chi connectivity index (χ2v) is 12.0. The Balaban J connectivity index is 1.18. The summed E-state index contributed by atoms with van der Waals surface area (Å²) in [5.41, 5.74) is 14.2. The molecular formula is C41H27N3O4. The lowest BCUT2D eigenvalue weighted by molar-refractivity contribution is 0.0909. The molecule has 2 N–H and O–H groups in total. The van der Waals surface area contributed by atoms with E-state index in [1.807, 2.05) is 85.8 Å². The second kappa shape index (κ2) is 11.0. The van der Waals surface area contributed by atoms with E-state index in [0.29, 0.717) is 50.4 Å². The third-order valence-corrected chi connectivity index (χ3v) is 8.97. The number of hydrogen-bond donors (Lipinski definition) is 1. The van der Waals surface area contributed by atoms with Gasteiger partial charge < -0.3 is 5.73 Å². The molecular weight excluding hydrogens is 598 g/mol. The zero-order chi connectivity index (χ0) is 33.1. The largest absolute Gasteiger partial charge is 0.399 e. The minimum atomic E-state index is -0.455. The number of aryl methyl sites for hydroxylation is 1. The summed E-state index contributed by atoms with van der Waals surface area (Å²) in [4.78, 5) is 57.6. The predicted octanol–water partition coefficient (Wildman–Crippen LogP) is 8.18.